The van der Waals surface area contributed by atoms with Gasteiger partial charge in [0.15, 0.2) is 0 Å². The van der Waals surface area contributed by atoms with E-state index in [-0.39, 0.29) is 23.4 Å². The van der Waals surface area contributed by atoms with Crippen molar-refractivity contribution in [3.05, 3.63) is 12.7 Å². The SMILES string of the molecule is C=CCC(=O)NC1CC(N)C1(C)C. The van der Waals surface area contributed by atoms with Crippen LogP contribution in [0.25, 0.3) is 0 Å². The Kier molecular flexibility index (Phi) is 2.76. The van der Waals surface area contributed by atoms with Gasteiger partial charge in [-0.1, -0.05) is 19.9 Å². The van der Waals surface area contributed by atoms with Crippen LogP contribution < -0.4 is 11.1 Å². The average molecular weight is 182 g/mol. The van der Waals surface area contributed by atoms with Crippen LogP contribution in [0.1, 0.15) is 26.7 Å². The maximum absolute atomic E-state index is 11.2. The van der Waals surface area contributed by atoms with Crippen molar-refractivity contribution >= 4 is 5.91 Å². The standard InChI is InChI=1S/C10H18N2O/c1-4-5-9(13)12-8-6-7(11)10(8,2)3/h4,7-8H,1,5-6,11H2,2-3H3,(H,12,13). The molecular formula is C10H18N2O. The highest BCUT2D eigenvalue weighted by Gasteiger charge is 2.46. The highest BCUT2D eigenvalue weighted by atomic mass is 16.1. The Labute approximate surface area is 79.4 Å². The quantitative estimate of drug-likeness (QED) is 0.634. The number of nitrogens with one attached hydrogen (secondary N) is 1. The molecule has 2 unspecified atom stereocenters. The minimum Gasteiger partial charge on any atom is -0.352 e. The lowest BCUT2D eigenvalue weighted by molar-refractivity contribution is -0.123. The molecule has 0 aromatic rings. The normalized spacial score (nSPS) is 30.4. The van der Waals surface area contributed by atoms with E-state index in [1.54, 1.807) is 6.08 Å². The molecule has 0 bridgehead atoms. The number of hydrogen-bond acceptors (Lipinski definition) is 2. The van der Waals surface area contributed by atoms with E-state index in [2.05, 4.69) is 25.7 Å². The Bertz CT molecular complexity index is 223. The van der Waals surface area contributed by atoms with Gasteiger partial charge >= 0.3 is 0 Å². The molecule has 0 heterocycles. The number of carbonyl (C=O) groups excluding carboxylic acids is 1. The third kappa shape index (κ3) is 1.91. The van der Waals surface area contributed by atoms with Crippen LogP contribution in [0.4, 0.5) is 0 Å². The molecule has 1 rings (SSSR count). The number of carbonyl (C=O) groups is 1. The lowest BCUT2D eigenvalue weighted by Gasteiger charge is -2.50. The summed E-state index contributed by atoms with van der Waals surface area (Å²) in [5, 5.41) is 2.95. The predicted molar refractivity (Wildman–Crippen MR) is 53.1 cm³/mol. The zero-order valence-corrected chi connectivity index (χ0v) is 8.34. The van der Waals surface area contributed by atoms with Gasteiger partial charge in [0, 0.05) is 23.9 Å². The van der Waals surface area contributed by atoms with Gasteiger partial charge in [-0.05, 0) is 6.42 Å². The van der Waals surface area contributed by atoms with E-state index in [0.29, 0.717) is 6.42 Å². The first kappa shape index (κ1) is 10.3. The van der Waals surface area contributed by atoms with E-state index in [1.165, 1.54) is 0 Å². The van der Waals surface area contributed by atoms with Crippen molar-refractivity contribution in [3.63, 3.8) is 0 Å². The fourth-order valence-corrected chi connectivity index (χ4v) is 1.59. The third-order valence-corrected chi connectivity index (χ3v) is 3.01. The minimum atomic E-state index is 0.0385. The van der Waals surface area contributed by atoms with Crippen molar-refractivity contribution < 1.29 is 4.79 Å². The van der Waals surface area contributed by atoms with Gasteiger partial charge in [-0.25, -0.2) is 0 Å². The van der Waals surface area contributed by atoms with Gasteiger partial charge in [0.1, 0.15) is 0 Å². The Balaban J connectivity index is 2.40. The number of rotatable bonds is 3. The van der Waals surface area contributed by atoms with Gasteiger partial charge in [-0.2, -0.15) is 0 Å². The van der Waals surface area contributed by atoms with Crippen LogP contribution in [-0.2, 0) is 4.79 Å². The maximum Gasteiger partial charge on any atom is 0.224 e. The molecule has 1 aliphatic carbocycles. The van der Waals surface area contributed by atoms with E-state index in [1.807, 2.05) is 0 Å². The molecular weight excluding hydrogens is 164 g/mol. The van der Waals surface area contributed by atoms with E-state index in [0.717, 1.165) is 6.42 Å². The Morgan fingerprint density at radius 1 is 1.77 bits per heavy atom. The Morgan fingerprint density at radius 2 is 2.38 bits per heavy atom. The van der Waals surface area contributed by atoms with Crippen LogP contribution in [0.5, 0.6) is 0 Å². The molecule has 0 spiro atoms. The third-order valence-electron chi connectivity index (χ3n) is 3.01. The molecule has 1 aliphatic rings. The second kappa shape index (κ2) is 3.50. The number of amides is 1. The molecule has 3 N–H and O–H groups in total. The van der Waals surface area contributed by atoms with E-state index >= 15 is 0 Å². The van der Waals surface area contributed by atoms with Gasteiger partial charge < -0.3 is 11.1 Å². The Morgan fingerprint density at radius 3 is 2.77 bits per heavy atom. The molecule has 3 heteroatoms. The molecule has 13 heavy (non-hydrogen) atoms. The summed E-state index contributed by atoms with van der Waals surface area (Å²) in [5.74, 6) is 0.0416. The van der Waals surface area contributed by atoms with Gasteiger partial charge in [0.25, 0.3) is 0 Å². The van der Waals surface area contributed by atoms with Crippen molar-refractivity contribution in [2.75, 3.05) is 0 Å². The highest BCUT2D eigenvalue weighted by Crippen LogP contribution is 2.38. The van der Waals surface area contributed by atoms with E-state index < -0.39 is 0 Å². The molecule has 74 valence electrons. The van der Waals surface area contributed by atoms with Crippen molar-refractivity contribution in [1.29, 1.82) is 0 Å². The minimum absolute atomic E-state index is 0.0385. The monoisotopic (exact) mass is 182 g/mol. The van der Waals surface area contributed by atoms with Crippen LogP contribution in [0.2, 0.25) is 0 Å². The summed E-state index contributed by atoms with van der Waals surface area (Å²) < 4.78 is 0. The second-order valence-corrected chi connectivity index (χ2v) is 4.28. The first-order chi connectivity index (χ1) is 5.98. The number of nitrogens with two attached hydrogens (primary N) is 1. The van der Waals surface area contributed by atoms with Crippen molar-refractivity contribution in [3.8, 4) is 0 Å². The van der Waals surface area contributed by atoms with Gasteiger partial charge in [0.05, 0.1) is 0 Å². The average Bonchev–Trinajstić information content (AvgIpc) is 2.04. The van der Waals surface area contributed by atoms with Gasteiger partial charge in [-0.3, -0.25) is 4.79 Å². The largest absolute Gasteiger partial charge is 0.352 e. The van der Waals surface area contributed by atoms with Crippen LogP contribution in [0.3, 0.4) is 0 Å². The first-order valence-electron chi connectivity index (χ1n) is 4.64. The summed E-state index contributed by atoms with van der Waals surface area (Å²) >= 11 is 0. The van der Waals surface area contributed by atoms with Crippen LogP contribution in [-0.4, -0.2) is 18.0 Å². The van der Waals surface area contributed by atoms with E-state index in [4.69, 9.17) is 5.73 Å². The molecule has 1 fully saturated rings. The molecule has 1 saturated carbocycles. The first-order valence-corrected chi connectivity index (χ1v) is 4.64. The van der Waals surface area contributed by atoms with Crippen molar-refractivity contribution in [1.82, 2.24) is 5.32 Å². The molecule has 0 saturated heterocycles. The summed E-state index contributed by atoms with van der Waals surface area (Å²) in [6, 6.07) is 0.441. The highest BCUT2D eigenvalue weighted by molar-refractivity contribution is 5.77. The topological polar surface area (TPSA) is 55.1 Å². The Hall–Kier alpha value is -0.830. The lowest BCUT2D eigenvalue weighted by Crippen LogP contribution is -2.64. The zero-order chi connectivity index (χ0) is 10.1. The van der Waals surface area contributed by atoms with Gasteiger partial charge in [-0.15, -0.1) is 6.58 Å². The smallest absolute Gasteiger partial charge is 0.224 e. The molecule has 0 aromatic heterocycles. The maximum atomic E-state index is 11.2. The predicted octanol–water partition coefficient (Wildman–Crippen LogP) is 0.804. The van der Waals surface area contributed by atoms with Crippen LogP contribution >= 0.6 is 0 Å². The summed E-state index contributed by atoms with van der Waals surface area (Å²) in [4.78, 5) is 11.2. The summed E-state index contributed by atoms with van der Waals surface area (Å²) in [7, 11) is 0. The van der Waals surface area contributed by atoms with E-state index in [9.17, 15) is 4.79 Å². The van der Waals surface area contributed by atoms with Crippen molar-refractivity contribution in [2.45, 2.75) is 38.8 Å². The molecule has 0 radical (unpaired) electrons. The summed E-state index contributed by atoms with van der Waals surface area (Å²) in [5.41, 5.74) is 5.86. The van der Waals surface area contributed by atoms with Crippen LogP contribution in [0.15, 0.2) is 12.7 Å². The van der Waals surface area contributed by atoms with Crippen LogP contribution in [0, 0.1) is 5.41 Å². The van der Waals surface area contributed by atoms with Crippen molar-refractivity contribution in [2.24, 2.45) is 11.1 Å². The zero-order valence-electron chi connectivity index (χ0n) is 8.34. The lowest BCUT2D eigenvalue weighted by atomic mass is 9.63. The molecule has 0 aliphatic heterocycles. The fourth-order valence-electron chi connectivity index (χ4n) is 1.59. The summed E-state index contributed by atoms with van der Waals surface area (Å²) in [6.07, 6.45) is 2.89. The molecule has 0 aromatic carbocycles. The second-order valence-electron chi connectivity index (χ2n) is 4.28. The fraction of sp³-hybridized carbons (Fsp3) is 0.700. The number of hydrogen-bond donors (Lipinski definition) is 2. The van der Waals surface area contributed by atoms with Gasteiger partial charge in [0.2, 0.25) is 5.91 Å². The molecule has 3 nitrogen and oxygen atoms in total. The summed E-state index contributed by atoms with van der Waals surface area (Å²) in [6.45, 7) is 7.68. The molecule has 1 amide bonds. The molecule has 2 atom stereocenters.